The summed E-state index contributed by atoms with van der Waals surface area (Å²) in [4.78, 5) is 2.41. The van der Waals surface area contributed by atoms with Gasteiger partial charge < -0.3 is 14.5 Å². The van der Waals surface area contributed by atoms with Gasteiger partial charge in [-0.15, -0.1) is 0 Å². The zero-order valence-electron chi connectivity index (χ0n) is 13.4. The molecule has 4 heteroatoms. The number of nitrogens with zero attached hydrogens (tertiary/aromatic N) is 1. The predicted octanol–water partition coefficient (Wildman–Crippen LogP) is 2.70. The molecule has 1 N–H and O–H groups in total. The molecule has 2 heterocycles. The highest BCUT2D eigenvalue weighted by molar-refractivity contribution is 5.20. The third-order valence-corrected chi connectivity index (χ3v) is 3.62. The highest BCUT2D eigenvalue weighted by Crippen LogP contribution is 2.19. The molecule has 114 valence electrons. The maximum absolute atomic E-state index is 5.99. The van der Waals surface area contributed by atoms with Crippen LogP contribution in [-0.4, -0.2) is 36.2 Å². The molecule has 4 nitrogen and oxygen atoms in total. The smallest absolute Gasteiger partial charge is 0.120 e. The Morgan fingerprint density at radius 1 is 1.30 bits per heavy atom. The average Bonchev–Trinajstić information content (AvgIpc) is 2.65. The largest absolute Gasteiger partial charge is 0.463 e. The average molecular weight is 280 g/mol. The van der Waals surface area contributed by atoms with Crippen LogP contribution in [0.2, 0.25) is 0 Å². The molecule has 2 unspecified atom stereocenters. The van der Waals surface area contributed by atoms with Gasteiger partial charge >= 0.3 is 0 Å². The molecular formula is C16H28N2O2. The molecule has 1 aliphatic rings. The fourth-order valence-electron chi connectivity index (χ4n) is 2.77. The van der Waals surface area contributed by atoms with Gasteiger partial charge in [-0.1, -0.05) is 13.8 Å². The zero-order valence-corrected chi connectivity index (χ0v) is 13.4. The van der Waals surface area contributed by atoms with Crippen LogP contribution in [0.3, 0.4) is 0 Å². The van der Waals surface area contributed by atoms with Gasteiger partial charge in [-0.25, -0.2) is 0 Å². The standard InChI is InChI=1S/C16H28N2O2/c1-11(2)17-7-16-12(3)6-15(20-16)10-18-8-13(4)19-14(5)9-18/h6,11,13-14,17H,7-10H2,1-5H3. The monoisotopic (exact) mass is 280 g/mol. The first-order chi connectivity index (χ1) is 9.44. The van der Waals surface area contributed by atoms with Crippen LogP contribution < -0.4 is 5.32 Å². The zero-order chi connectivity index (χ0) is 14.7. The Kier molecular flexibility index (Phi) is 5.24. The Morgan fingerprint density at radius 2 is 1.95 bits per heavy atom. The van der Waals surface area contributed by atoms with Gasteiger partial charge in [0, 0.05) is 19.1 Å². The molecule has 0 spiro atoms. The first-order valence-corrected chi connectivity index (χ1v) is 7.63. The minimum absolute atomic E-state index is 0.303. The van der Waals surface area contributed by atoms with Crippen LogP contribution in [0.5, 0.6) is 0 Å². The van der Waals surface area contributed by atoms with Crippen molar-refractivity contribution in [1.82, 2.24) is 10.2 Å². The van der Waals surface area contributed by atoms with E-state index in [0.717, 1.165) is 37.7 Å². The molecule has 1 aromatic heterocycles. The van der Waals surface area contributed by atoms with Gasteiger partial charge in [0.1, 0.15) is 11.5 Å². The van der Waals surface area contributed by atoms with Crippen molar-refractivity contribution in [3.8, 4) is 0 Å². The highest BCUT2D eigenvalue weighted by Gasteiger charge is 2.23. The fraction of sp³-hybridized carbons (Fsp3) is 0.750. The maximum atomic E-state index is 5.99. The summed E-state index contributed by atoms with van der Waals surface area (Å²) in [7, 11) is 0. The number of ether oxygens (including phenoxy) is 1. The van der Waals surface area contributed by atoms with Gasteiger partial charge in [-0.3, -0.25) is 4.90 Å². The van der Waals surface area contributed by atoms with Gasteiger partial charge in [-0.05, 0) is 32.4 Å². The molecule has 0 radical (unpaired) electrons. The van der Waals surface area contributed by atoms with Crippen molar-refractivity contribution in [3.63, 3.8) is 0 Å². The summed E-state index contributed by atoms with van der Waals surface area (Å²) in [6, 6.07) is 2.64. The van der Waals surface area contributed by atoms with Crippen LogP contribution in [0.25, 0.3) is 0 Å². The number of hydrogen-bond donors (Lipinski definition) is 1. The van der Waals surface area contributed by atoms with Crippen LogP contribution in [0, 0.1) is 6.92 Å². The molecule has 0 aliphatic carbocycles. The second kappa shape index (κ2) is 6.74. The van der Waals surface area contributed by atoms with Crippen molar-refractivity contribution < 1.29 is 9.15 Å². The Hall–Kier alpha value is -0.840. The van der Waals surface area contributed by atoms with Gasteiger partial charge in [0.25, 0.3) is 0 Å². The minimum atomic E-state index is 0.303. The van der Waals surface area contributed by atoms with E-state index in [1.807, 2.05) is 0 Å². The molecule has 20 heavy (non-hydrogen) atoms. The van der Waals surface area contributed by atoms with Crippen LogP contribution in [0.1, 0.15) is 44.8 Å². The summed E-state index contributed by atoms with van der Waals surface area (Å²) >= 11 is 0. The highest BCUT2D eigenvalue weighted by atomic mass is 16.5. The topological polar surface area (TPSA) is 37.6 Å². The number of nitrogens with one attached hydrogen (secondary N) is 1. The lowest BCUT2D eigenvalue weighted by molar-refractivity contribution is -0.0718. The SMILES string of the molecule is Cc1cc(CN2CC(C)OC(C)C2)oc1CNC(C)C. The van der Waals surface area contributed by atoms with Gasteiger partial charge in [0.2, 0.25) is 0 Å². The third kappa shape index (κ3) is 4.33. The van der Waals surface area contributed by atoms with E-state index in [-0.39, 0.29) is 0 Å². The van der Waals surface area contributed by atoms with Gasteiger partial charge in [0.05, 0.1) is 25.3 Å². The van der Waals surface area contributed by atoms with Crippen molar-refractivity contribution in [1.29, 1.82) is 0 Å². The van der Waals surface area contributed by atoms with E-state index >= 15 is 0 Å². The quantitative estimate of drug-likeness (QED) is 0.900. The summed E-state index contributed by atoms with van der Waals surface area (Å²) in [5.41, 5.74) is 1.24. The Labute approximate surface area is 122 Å². The van der Waals surface area contributed by atoms with Crippen molar-refractivity contribution in [3.05, 3.63) is 23.2 Å². The molecule has 0 saturated carbocycles. The summed E-state index contributed by atoms with van der Waals surface area (Å²) in [5, 5.41) is 3.41. The lowest BCUT2D eigenvalue weighted by Gasteiger charge is -2.34. The summed E-state index contributed by atoms with van der Waals surface area (Å²) in [5.74, 6) is 2.12. The molecule has 2 atom stereocenters. The second-order valence-corrected chi connectivity index (χ2v) is 6.31. The van der Waals surface area contributed by atoms with E-state index in [9.17, 15) is 0 Å². The molecule has 1 saturated heterocycles. The van der Waals surface area contributed by atoms with Crippen LogP contribution in [-0.2, 0) is 17.8 Å². The fourth-order valence-corrected chi connectivity index (χ4v) is 2.77. The molecule has 1 fully saturated rings. The van der Waals surface area contributed by atoms with Crippen LogP contribution in [0.4, 0.5) is 0 Å². The van der Waals surface area contributed by atoms with Crippen molar-refractivity contribution in [2.45, 2.75) is 66.0 Å². The van der Waals surface area contributed by atoms with E-state index in [1.54, 1.807) is 0 Å². The molecule has 0 bridgehead atoms. The molecule has 2 rings (SSSR count). The molecule has 0 amide bonds. The van der Waals surface area contributed by atoms with E-state index in [2.05, 4.69) is 50.9 Å². The third-order valence-electron chi connectivity index (χ3n) is 3.62. The van der Waals surface area contributed by atoms with Crippen LogP contribution >= 0.6 is 0 Å². The van der Waals surface area contributed by atoms with Gasteiger partial charge in [0.15, 0.2) is 0 Å². The summed E-state index contributed by atoms with van der Waals surface area (Å²) < 4.78 is 11.8. The second-order valence-electron chi connectivity index (χ2n) is 6.31. The van der Waals surface area contributed by atoms with Crippen molar-refractivity contribution in [2.24, 2.45) is 0 Å². The summed E-state index contributed by atoms with van der Waals surface area (Å²) in [6.07, 6.45) is 0.605. The van der Waals surface area contributed by atoms with E-state index in [0.29, 0.717) is 18.2 Å². The number of morpholine rings is 1. The number of hydrogen-bond acceptors (Lipinski definition) is 4. The Bertz CT molecular complexity index is 418. The maximum Gasteiger partial charge on any atom is 0.120 e. The number of rotatable bonds is 5. The van der Waals surface area contributed by atoms with Crippen molar-refractivity contribution in [2.75, 3.05) is 13.1 Å². The van der Waals surface area contributed by atoms with Crippen molar-refractivity contribution >= 4 is 0 Å². The summed E-state index contributed by atoms with van der Waals surface area (Å²) in [6.45, 7) is 14.3. The predicted molar refractivity (Wildman–Crippen MR) is 80.7 cm³/mol. The Morgan fingerprint density at radius 3 is 2.55 bits per heavy atom. The Balaban J connectivity index is 1.94. The van der Waals surface area contributed by atoms with E-state index in [4.69, 9.17) is 9.15 Å². The first kappa shape index (κ1) is 15.5. The first-order valence-electron chi connectivity index (χ1n) is 7.63. The molecule has 0 aromatic carbocycles. The van der Waals surface area contributed by atoms with Gasteiger partial charge in [-0.2, -0.15) is 0 Å². The lowest BCUT2D eigenvalue weighted by Crippen LogP contribution is -2.44. The molecule has 1 aliphatic heterocycles. The number of furan rings is 1. The van der Waals surface area contributed by atoms with Crippen LogP contribution in [0.15, 0.2) is 10.5 Å². The lowest BCUT2D eigenvalue weighted by atomic mass is 10.2. The molecular weight excluding hydrogens is 252 g/mol. The normalized spacial score (nSPS) is 24.5. The van der Waals surface area contributed by atoms with E-state index in [1.165, 1.54) is 5.56 Å². The van der Waals surface area contributed by atoms with E-state index < -0.39 is 0 Å². The minimum Gasteiger partial charge on any atom is -0.463 e. The number of aryl methyl sites for hydroxylation is 1. The molecule has 1 aromatic rings.